The van der Waals surface area contributed by atoms with Crippen LogP contribution in [0.25, 0.3) is 16.9 Å². The van der Waals surface area contributed by atoms with Gasteiger partial charge in [-0.25, -0.2) is 13.6 Å². The molecule has 3 aromatic rings. The summed E-state index contributed by atoms with van der Waals surface area (Å²) in [7, 11) is -3.69. The molecule has 2 N–H and O–H groups in total. The van der Waals surface area contributed by atoms with Gasteiger partial charge in [0, 0.05) is 22.3 Å². The van der Waals surface area contributed by atoms with Gasteiger partial charge in [-0.05, 0) is 61.4 Å². The quantitative estimate of drug-likeness (QED) is 0.701. The summed E-state index contributed by atoms with van der Waals surface area (Å²) in [6.45, 7) is 4.05. The molecule has 2 aromatic carbocycles. The third kappa shape index (κ3) is 3.26. The zero-order valence-corrected chi connectivity index (χ0v) is 15.1. The molecular weight excluding hydrogens is 340 g/mol. The van der Waals surface area contributed by atoms with Gasteiger partial charge in [0.15, 0.2) is 0 Å². The van der Waals surface area contributed by atoms with Crippen LogP contribution in [0.5, 0.6) is 0 Å². The molecule has 0 atom stereocenters. The molecule has 3 rings (SSSR count). The van der Waals surface area contributed by atoms with Crippen LogP contribution in [0.2, 0.25) is 0 Å². The molecule has 0 amide bonds. The molecule has 0 aliphatic rings. The minimum Gasteiger partial charge on any atom is -0.316 e. The first kappa shape index (κ1) is 16.8. The summed E-state index contributed by atoms with van der Waals surface area (Å²) < 4.78 is 24.8. The fourth-order valence-electron chi connectivity index (χ4n) is 2.67. The highest BCUT2D eigenvalue weighted by Crippen LogP contribution is 2.31. The van der Waals surface area contributed by atoms with Crippen LogP contribution in [0.4, 0.5) is 0 Å². The zero-order valence-electron chi connectivity index (χ0n) is 13.4. The Labute approximate surface area is 147 Å². The molecule has 4 nitrogen and oxygen atoms in total. The Bertz CT molecular complexity index is 1000. The van der Waals surface area contributed by atoms with Crippen LogP contribution in [-0.2, 0) is 10.0 Å². The lowest BCUT2D eigenvalue weighted by Gasteiger charge is -2.12. The number of nitrogens with zero attached hydrogens (tertiary/aromatic N) is 1. The van der Waals surface area contributed by atoms with Crippen molar-refractivity contribution >= 4 is 22.7 Å². The van der Waals surface area contributed by atoms with Crippen molar-refractivity contribution in [1.29, 1.82) is 0 Å². The summed E-state index contributed by atoms with van der Waals surface area (Å²) in [6, 6.07) is 14.7. The van der Waals surface area contributed by atoms with Crippen molar-refractivity contribution in [3.8, 4) is 16.9 Å². The number of rotatable bonds is 3. The van der Waals surface area contributed by atoms with Gasteiger partial charge in [-0.3, -0.25) is 0 Å². The number of aromatic nitrogens is 1. The lowest BCUT2D eigenvalue weighted by molar-refractivity contribution is 0.598. The minimum absolute atomic E-state index is 0.0990. The maximum Gasteiger partial charge on any atom is 0.238 e. The summed E-state index contributed by atoms with van der Waals surface area (Å²) in [6.07, 6.45) is 2.01. The average Bonchev–Trinajstić information content (AvgIpc) is 2.88. The van der Waals surface area contributed by atoms with Gasteiger partial charge in [-0.15, -0.1) is 12.6 Å². The second-order valence-corrected chi connectivity index (χ2v) is 7.88. The SMILES string of the molecule is Cc1ccc(-c2cc(C)cn2-c2ccc(S(N)(=O)=O)cc2)c(S)c1. The first-order chi connectivity index (χ1) is 11.3. The van der Waals surface area contributed by atoms with Crippen molar-refractivity contribution in [2.45, 2.75) is 23.6 Å². The molecule has 0 spiro atoms. The Hall–Kier alpha value is -2.02. The lowest BCUT2D eigenvalue weighted by atomic mass is 10.1. The number of sulfonamides is 1. The molecule has 0 aliphatic heterocycles. The van der Waals surface area contributed by atoms with Crippen molar-refractivity contribution < 1.29 is 8.42 Å². The number of aryl methyl sites for hydroxylation is 2. The van der Waals surface area contributed by atoms with Crippen molar-refractivity contribution in [3.05, 3.63) is 65.9 Å². The molecule has 0 saturated carbocycles. The number of primary sulfonamides is 1. The summed E-state index contributed by atoms with van der Waals surface area (Å²) >= 11 is 4.59. The smallest absolute Gasteiger partial charge is 0.238 e. The number of hydrogen-bond donors (Lipinski definition) is 2. The van der Waals surface area contributed by atoms with Gasteiger partial charge < -0.3 is 4.57 Å². The predicted octanol–water partition coefficient (Wildman–Crippen LogP) is 3.70. The van der Waals surface area contributed by atoms with E-state index in [1.807, 2.05) is 42.8 Å². The first-order valence-corrected chi connectivity index (χ1v) is 9.37. The third-order valence-electron chi connectivity index (χ3n) is 3.83. The Balaban J connectivity index is 2.13. The monoisotopic (exact) mass is 358 g/mol. The van der Waals surface area contributed by atoms with Crippen LogP contribution >= 0.6 is 12.6 Å². The molecule has 0 fully saturated rings. The number of thiol groups is 1. The molecule has 0 saturated heterocycles. The van der Waals surface area contributed by atoms with Crippen molar-refractivity contribution in [2.75, 3.05) is 0 Å². The van der Waals surface area contributed by atoms with E-state index in [2.05, 4.69) is 18.7 Å². The normalized spacial score (nSPS) is 11.7. The third-order valence-corrected chi connectivity index (χ3v) is 5.13. The molecule has 24 heavy (non-hydrogen) atoms. The molecule has 0 aliphatic carbocycles. The van der Waals surface area contributed by atoms with E-state index in [4.69, 9.17) is 5.14 Å². The van der Waals surface area contributed by atoms with Crippen LogP contribution in [-0.4, -0.2) is 13.0 Å². The van der Waals surface area contributed by atoms with Crippen LogP contribution < -0.4 is 5.14 Å². The van der Waals surface area contributed by atoms with Gasteiger partial charge in [0.1, 0.15) is 0 Å². The standard InChI is InChI=1S/C18H18N2O2S2/c1-12-3-8-16(18(23)10-12)17-9-13(2)11-20(17)14-4-6-15(7-5-14)24(19,21)22/h3-11,23H,1-2H3,(H2,19,21,22). The van der Waals surface area contributed by atoms with Crippen LogP contribution in [0, 0.1) is 13.8 Å². The highest BCUT2D eigenvalue weighted by molar-refractivity contribution is 7.89. The van der Waals surface area contributed by atoms with Crippen molar-refractivity contribution in [3.63, 3.8) is 0 Å². The Morgan fingerprint density at radius 3 is 2.21 bits per heavy atom. The van der Waals surface area contributed by atoms with Gasteiger partial charge in [0.05, 0.1) is 10.6 Å². The summed E-state index contributed by atoms with van der Waals surface area (Å²) in [5, 5.41) is 5.16. The average molecular weight is 358 g/mol. The Morgan fingerprint density at radius 1 is 0.958 bits per heavy atom. The topological polar surface area (TPSA) is 65.1 Å². The lowest BCUT2D eigenvalue weighted by Crippen LogP contribution is -2.12. The highest BCUT2D eigenvalue weighted by atomic mass is 32.2. The molecule has 6 heteroatoms. The maximum absolute atomic E-state index is 11.4. The van der Waals surface area contributed by atoms with E-state index in [-0.39, 0.29) is 4.90 Å². The van der Waals surface area contributed by atoms with Crippen molar-refractivity contribution in [1.82, 2.24) is 4.57 Å². The molecule has 0 radical (unpaired) electrons. The van der Waals surface area contributed by atoms with Crippen molar-refractivity contribution in [2.24, 2.45) is 5.14 Å². The molecule has 1 heterocycles. The van der Waals surface area contributed by atoms with E-state index < -0.39 is 10.0 Å². The van der Waals surface area contributed by atoms with Gasteiger partial charge in [0.2, 0.25) is 10.0 Å². The van der Waals surface area contributed by atoms with Gasteiger partial charge in [-0.2, -0.15) is 0 Å². The van der Waals surface area contributed by atoms with Crippen LogP contribution in [0.15, 0.2) is 64.5 Å². The highest BCUT2D eigenvalue weighted by Gasteiger charge is 2.12. The van der Waals surface area contributed by atoms with E-state index in [1.165, 1.54) is 12.1 Å². The predicted molar refractivity (Wildman–Crippen MR) is 99.3 cm³/mol. The minimum atomic E-state index is -3.69. The molecular formula is C18H18N2O2S2. The number of nitrogens with two attached hydrogens (primary N) is 1. The molecule has 1 aromatic heterocycles. The largest absolute Gasteiger partial charge is 0.316 e. The maximum atomic E-state index is 11.4. The Morgan fingerprint density at radius 2 is 1.62 bits per heavy atom. The Kier molecular flexibility index (Phi) is 4.29. The summed E-state index contributed by atoms with van der Waals surface area (Å²) in [4.78, 5) is 0.998. The summed E-state index contributed by atoms with van der Waals surface area (Å²) in [5.74, 6) is 0. The fourth-order valence-corrected chi connectivity index (χ4v) is 3.58. The van der Waals surface area contributed by atoms with E-state index in [0.29, 0.717) is 0 Å². The van der Waals surface area contributed by atoms with E-state index in [0.717, 1.165) is 33.0 Å². The first-order valence-electron chi connectivity index (χ1n) is 7.38. The van der Waals surface area contributed by atoms with E-state index >= 15 is 0 Å². The fraction of sp³-hybridized carbons (Fsp3) is 0.111. The van der Waals surface area contributed by atoms with E-state index in [9.17, 15) is 8.42 Å². The second-order valence-electron chi connectivity index (χ2n) is 5.83. The zero-order chi connectivity index (χ0) is 17.5. The summed E-state index contributed by atoms with van der Waals surface area (Å²) in [5.41, 5.74) is 5.14. The van der Waals surface area contributed by atoms with Gasteiger partial charge in [-0.1, -0.05) is 12.1 Å². The van der Waals surface area contributed by atoms with Crippen LogP contribution in [0.3, 0.4) is 0 Å². The van der Waals surface area contributed by atoms with Crippen LogP contribution in [0.1, 0.15) is 11.1 Å². The number of hydrogen-bond acceptors (Lipinski definition) is 3. The second kappa shape index (κ2) is 6.12. The van der Waals surface area contributed by atoms with Gasteiger partial charge >= 0.3 is 0 Å². The molecule has 0 unspecified atom stereocenters. The molecule has 124 valence electrons. The van der Waals surface area contributed by atoms with E-state index in [1.54, 1.807) is 12.1 Å². The number of benzene rings is 2. The molecule has 0 bridgehead atoms. The van der Waals surface area contributed by atoms with Gasteiger partial charge in [0.25, 0.3) is 0 Å².